The lowest BCUT2D eigenvalue weighted by Gasteiger charge is -2.34. The highest BCUT2D eigenvalue weighted by Crippen LogP contribution is 2.17. The molecule has 2 atom stereocenters. The quantitative estimate of drug-likeness (QED) is 0.318. The summed E-state index contributed by atoms with van der Waals surface area (Å²) in [5.74, 6) is 2.83. The average Bonchev–Trinajstić information content (AvgIpc) is 2.20. The molecule has 1 rings (SSSR count). The Morgan fingerprint density at radius 1 is 1.79 bits per heavy atom. The van der Waals surface area contributed by atoms with E-state index in [2.05, 4.69) is 17.0 Å². The minimum atomic E-state index is 0.130. The number of oxime groups is 1. The second kappa shape index (κ2) is 5.46. The molecule has 82 valence electrons. The van der Waals surface area contributed by atoms with Gasteiger partial charge in [0.15, 0.2) is 0 Å². The molecule has 0 saturated carbocycles. The van der Waals surface area contributed by atoms with Gasteiger partial charge in [0.2, 0.25) is 0 Å². The zero-order valence-electron chi connectivity index (χ0n) is 8.81. The maximum Gasteiger partial charge on any atom is 0.143 e. The van der Waals surface area contributed by atoms with Gasteiger partial charge in [0.05, 0.1) is 0 Å². The smallest absolute Gasteiger partial charge is 0.143 e. The van der Waals surface area contributed by atoms with E-state index in [1.54, 1.807) is 0 Å². The van der Waals surface area contributed by atoms with Gasteiger partial charge in [-0.2, -0.15) is 11.8 Å². The Balaban J connectivity index is 2.42. The Morgan fingerprint density at radius 2 is 2.50 bits per heavy atom. The van der Waals surface area contributed by atoms with Crippen molar-refractivity contribution in [3.8, 4) is 0 Å². The van der Waals surface area contributed by atoms with E-state index in [9.17, 15) is 0 Å². The van der Waals surface area contributed by atoms with Crippen molar-refractivity contribution in [2.75, 3.05) is 24.6 Å². The van der Waals surface area contributed by atoms with Gasteiger partial charge in [-0.15, -0.1) is 0 Å². The monoisotopic (exact) mass is 217 g/mol. The van der Waals surface area contributed by atoms with Gasteiger partial charge in [-0.1, -0.05) is 12.1 Å². The summed E-state index contributed by atoms with van der Waals surface area (Å²) in [4.78, 5) is 2.40. The molecule has 1 aliphatic heterocycles. The second-order valence-electron chi connectivity index (χ2n) is 3.84. The Morgan fingerprint density at radius 3 is 3.07 bits per heavy atom. The lowest BCUT2D eigenvalue weighted by molar-refractivity contribution is 0.217. The predicted octanol–water partition coefficient (Wildman–Crippen LogP) is 0.806. The molecule has 0 aliphatic carbocycles. The van der Waals surface area contributed by atoms with E-state index in [0.29, 0.717) is 11.9 Å². The lowest BCUT2D eigenvalue weighted by atomic mass is 10.1. The fourth-order valence-corrected chi connectivity index (χ4v) is 2.66. The summed E-state index contributed by atoms with van der Waals surface area (Å²) in [6.45, 7) is 6.21. The average molecular weight is 217 g/mol. The Kier molecular flexibility index (Phi) is 4.54. The number of nitrogens with two attached hydrogens (primary N) is 1. The Bertz CT molecular complexity index is 210. The van der Waals surface area contributed by atoms with Crippen molar-refractivity contribution in [3.05, 3.63) is 0 Å². The van der Waals surface area contributed by atoms with Crippen LogP contribution in [0.3, 0.4) is 0 Å². The van der Waals surface area contributed by atoms with Crippen LogP contribution in [-0.4, -0.2) is 46.6 Å². The molecule has 3 N–H and O–H groups in total. The van der Waals surface area contributed by atoms with Gasteiger partial charge in [-0.05, 0) is 6.92 Å². The summed E-state index contributed by atoms with van der Waals surface area (Å²) in [5, 5.41) is 11.6. The molecule has 0 aromatic heterocycles. The molecule has 2 unspecified atom stereocenters. The van der Waals surface area contributed by atoms with Crippen molar-refractivity contribution in [2.45, 2.75) is 19.9 Å². The molecule has 0 aromatic rings. The molecule has 0 spiro atoms. The summed E-state index contributed by atoms with van der Waals surface area (Å²) < 4.78 is 0. The minimum absolute atomic E-state index is 0.130. The maximum absolute atomic E-state index is 8.54. The van der Waals surface area contributed by atoms with E-state index in [-0.39, 0.29) is 5.92 Å². The number of amidine groups is 1. The van der Waals surface area contributed by atoms with Crippen LogP contribution in [0.25, 0.3) is 0 Å². The van der Waals surface area contributed by atoms with Crippen molar-refractivity contribution in [1.29, 1.82) is 0 Å². The first-order valence-corrected chi connectivity index (χ1v) is 6.09. The van der Waals surface area contributed by atoms with E-state index in [1.165, 1.54) is 11.5 Å². The first-order chi connectivity index (χ1) is 6.65. The molecule has 1 saturated heterocycles. The summed E-state index contributed by atoms with van der Waals surface area (Å²) in [5.41, 5.74) is 5.55. The Labute approximate surface area is 89.5 Å². The van der Waals surface area contributed by atoms with E-state index < -0.39 is 0 Å². The maximum atomic E-state index is 8.54. The van der Waals surface area contributed by atoms with Gasteiger partial charge in [0.25, 0.3) is 0 Å². The van der Waals surface area contributed by atoms with Crippen LogP contribution in [0, 0.1) is 5.92 Å². The van der Waals surface area contributed by atoms with Crippen LogP contribution in [0.1, 0.15) is 13.8 Å². The standard InChI is InChI=1S/C9H19N3OS/c1-7(9(10)11-13)5-12-3-4-14-6-8(12)2/h7-8,13H,3-6H2,1-2H3,(H2,10,11). The topological polar surface area (TPSA) is 61.8 Å². The second-order valence-corrected chi connectivity index (χ2v) is 4.99. The fourth-order valence-electron chi connectivity index (χ4n) is 1.58. The number of thioether (sulfide) groups is 1. The van der Waals surface area contributed by atoms with Crippen LogP contribution in [0.5, 0.6) is 0 Å². The van der Waals surface area contributed by atoms with Crippen LogP contribution >= 0.6 is 11.8 Å². The first kappa shape index (κ1) is 11.7. The molecule has 1 aliphatic rings. The van der Waals surface area contributed by atoms with Crippen molar-refractivity contribution in [1.82, 2.24) is 4.90 Å². The molecule has 0 aromatic carbocycles. The van der Waals surface area contributed by atoms with Crippen molar-refractivity contribution in [2.24, 2.45) is 16.8 Å². The van der Waals surface area contributed by atoms with Crippen LogP contribution in [0.15, 0.2) is 5.16 Å². The van der Waals surface area contributed by atoms with Crippen LogP contribution in [-0.2, 0) is 0 Å². The van der Waals surface area contributed by atoms with E-state index in [4.69, 9.17) is 10.9 Å². The third-order valence-corrected chi connectivity index (χ3v) is 3.82. The number of nitrogens with zero attached hydrogens (tertiary/aromatic N) is 2. The fraction of sp³-hybridized carbons (Fsp3) is 0.889. The largest absolute Gasteiger partial charge is 0.409 e. The van der Waals surface area contributed by atoms with Gasteiger partial charge in [0, 0.05) is 36.6 Å². The SMILES string of the molecule is CC(CN1CCSCC1C)/C(N)=N/O. The zero-order valence-corrected chi connectivity index (χ0v) is 9.63. The van der Waals surface area contributed by atoms with Gasteiger partial charge >= 0.3 is 0 Å². The molecule has 4 nitrogen and oxygen atoms in total. The van der Waals surface area contributed by atoms with Crippen molar-refractivity contribution in [3.63, 3.8) is 0 Å². The van der Waals surface area contributed by atoms with Crippen LogP contribution in [0.2, 0.25) is 0 Å². The predicted molar refractivity (Wildman–Crippen MR) is 60.9 cm³/mol. The summed E-state index contributed by atoms with van der Waals surface area (Å²) in [6.07, 6.45) is 0. The molecular formula is C9H19N3OS. The van der Waals surface area contributed by atoms with E-state index >= 15 is 0 Å². The summed E-state index contributed by atoms with van der Waals surface area (Å²) >= 11 is 2.00. The molecule has 0 bridgehead atoms. The van der Waals surface area contributed by atoms with E-state index in [1.807, 2.05) is 18.7 Å². The van der Waals surface area contributed by atoms with Crippen LogP contribution < -0.4 is 5.73 Å². The van der Waals surface area contributed by atoms with Gasteiger partial charge in [0.1, 0.15) is 5.84 Å². The van der Waals surface area contributed by atoms with Crippen molar-refractivity contribution >= 4 is 17.6 Å². The lowest BCUT2D eigenvalue weighted by Crippen LogP contribution is -2.44. The molecule has 0 amide bonds. The van der Waals surface area contributed by atoms with Gasteiger partial charge in [-0.25, -0.2) is 0 Å². The molecule has 5 heteroatoms. The molecule has 1 fully saturated rings. The third kappa shape index (κ3) is 3.06. The van der Waals surface area contributed by atoms with Gasteiger partial charge < -0.3 is 10.9 Å². The van der Waals surface area contributed by atoms with Gasteiger partial charge in [-0.3, -0.25) is 4.90 Å². The van der Waals surface area contributed by atoms with Crippen molar-refractivity contribution < 1.29 is 5.21 Å². The minimum Gasteiger partial charge on any atom is -0.409 e. The molecule has 1 heterocycles. The number of hydrogen-bond donors (Lipinski definition) is 2. The molecule has 14 heavy (non-hydrogen) atoms. The number of rotatable bonds is 3. The first-order valence-electron chi connectivity index (χ1n) is 4.94. The Hall–Kier alpha value is -0.420. The number of hydrogen-bond acceptors (Lipinski definition) is 4. The molecular weight excluding hydrogens is 198 g/mol. The molecule has 0 radical (unpaired) electrons. The van der Waals surface area contributed by atoms with Crippen LogP contribution in [0.4, 0.5) is 0 Å². The third-order valence-electron chi connectivity index (χ3n) is 2.63. The zero-order chi connectivity index (χ0) is 10.6. The highest BCUT2D eigenvalue weighted by atomic mass is 32.2. The van der Waals surface area contributed by atoms with E-state index in [0.717, 1.165) is 13.1 Å². The summed E-state index contributed by atoms with van der Waals surface area (Å²) in [7, 11) is 0. The highest BCUT2D eigenvalue weighted by molar-refractivity contribution is 7.99. The highest BCUT2D eigenvalue weighted by Gasteiger charge is 2.21. The normalized spacial score (nSPS) is 27.6. The summed E-state index contributed by atoms with van der Waals surface area (Å²) in [6, 6.07) is 0.600.